The van der Waals surface area contributed by atoms with E-state index < -0.39 is 0 Å². The monoisotopic (exact) mass is 348 g/mol. The van der Waals surface area contributed by atoms with Crippen molar-refractivity contribution < 1.29 is 0 Å². The molecule has 0 aromatic carbocycles. The van der Waals surface area contributed by atoms with Gasteiger partial charge in [-0.05, 0) is 34.8 Å². The quantitative estimate of drug-likeness (QED) is 0.759. The summed E-state index contributed by atoms with van der Waals surface area (Å²) in [6.07, 6.45) is 6.35. The van der Waals surface area contributed by atoms with E-state index in [1.54, 1.807) is 17.5 Å². The van der Waals surface area contributed by atoms with E-state index in [1.807, 2.05) is 6.20 Å². The average Bonchev–Trinajstić information content (AvgIpc) is 3.17. The second-order valence-corrected chi connectivity index (χ2v) is 6.71. The van der Waals surface area contributed by atoms with E-state index >= 15 is 0 Å². The highest BCUT2D eigenvalue weighted by Crippen LogP contribution is 2.33. The topological polar surface area (TPSA) is 44.8 Å². The summed E-state index contributed by atoms with van der Waals surface area (Å²) in [6.45, 7) is 2.27. The van der Waals surface area contributed by atoms with Gasteiger partial charge >= 0.3 is 0 Å². The number of aromatic nitrogens is 3. The Bertz CT molecular complexity index is 757. The average molecular weight is 349 g/mol. The molecule has 4 nitrogen and oxygen atoms in total. The third-order valence-electron chi connectivity index (χ3n) is 3.64. The van der Waals surface area contributed by atoms with E-state index in [0.29, 0.717) is 0 Å². The molecule has 1 saturated heterocycles. The zero-order chi connectivity index (χ0) is 13.5. The number of H-pyrrole nitrogens is 1. The maximum atomic E-state index is 4.80. The van der Waals surface area contributed by atoms with Crippen LogP contribution in [0.15, 0.2) is 28.3 Å². The van der Waals surface area contributed by atoms with Crippen molar-refractivity contribution in [3.63, 3.8) is 0 Å². The zero-order valence-electron chi connectivity index (χ0n) is 10.8. The fourth-order valence-electron chi connectivity index (χ4n) is 2.63. The molecule has 0 aliphatic carbocycles. The zero-order valence-corrected chi connectivity index (χ0v) is 13.2. The minimum Gasteiger partial charge on any atom is -0.348 e. The maximum Gasteiger partial charge on any atom is 0.185 e. The lowest BCUT2D eigenvalue weighted by atomic mass is 10.2. The number of aromatic amines is 1. The van der Waals surface area contributed by atoms with Gasteiger partial charge in [-0.3, -0.25) is 0 Å². The van der Waals surface area contributed by atoms with Crippen molar-refractivity contribution in [2.24, 2.45) is 0 Å². The molecule has 0 bridgehead atoms. The van der Waals surface area contributed by atoms with Gasteiger partial charge in [0.05, 0.1) is 5.69 Å². The number of hydrogen-bond acceptors (Lipinski definition) is 4. The Morgan fingerprint density at radius 3 is 3.00 bits per heavy atom. The van der Waals surface area contributed by atoms with E-state index in [1.165, 1.54) is 12.8 Å². The van der Waals surface area contributed by atoms with Crippen LogP contribution in [0.3, 0.4) is 0 Å². The maximum absolute atomic E-state index is 4.80. The van der Waals surface area contributed by atoms with E-state index in [2.05, 4.69) is 42.2 Å². The smallest absolute Gasteiger partial charge is 0.185 e. The summed E-state index contributed by atoms with van der Waals surface area (Å²) in [6, 6.07) is 2.09. The van der Waals surface area contributed by atoms with Gasteiger partial charge in [-0.1, -0.05) is 0 Å². The van der Waals surface area contributed by atoms with E-state index in [9.17, 15) is 0 Å². The molecule has 20 heavy (non-hydrogen) atoms. The third kappa shape index (κ3) is 2.03. The van der Waals surface area contributed by atoms with Crippen LogP contribution in [-0.2, 0) is 0 Å². The number of halogens is 1. The molecular formula is C14H13BrN4S. The summed E-state index contributed by atoms with van der Waals surface area (Å²) in [5, 5.41) is 4.38. The van der Waals surface area contributed by atoms with Gasteiger partial charge in [-0.2, -0.15) is 0 Å². The SMILES string of the molecule is Brc1cnc2[nH]cc(-c3csc(N4CCCC4)n3)c2c1. The number of hydrogen-bond donors (Lipinski definition) is 1. The number of thiazole rings is 1. The summed E-state index contributed by atoms with van der Waals surface area (Å²) in [7, 11) is 0. The standard InChI is InChI=1S/C14H13BrN4S/c15-9-5-10-11(7-17-13(10)16-6-9)12-8-20-14(18-12)19-3-1-2-4-19/h5-8H,1-4H2,(H,16,17). The largest absolute Gasteiger partial charge is 0.348 e. The molecule has 0 saturated carbocycles. The predicted molar refractivity (Wildman–Crippen MR) is 86.3 cm³/mol. The molecule has 3 aromatic heterocycles. The molecule has 4 heterocycles. The summed E-state index contributed by atoms with van der Waals surface area (Å²) in [5.41, 5.74) is 3.05. The van der Waals surface area contributed by atoms with Gasteiger partial charge < -0.3 is 9.88 Å². The molecule has 3 aromatic rings. The van der Waals surface area contributed by atoms with Gasteiger partial charge in [0.15, 0.2) is 5.13 Å². The first-order valence-electron chi connectivity index (χ1n) is 6.65. The van der Waals surface area contributed by atoms with E-state index in [4.69, 9.17) is 4.98 Å². The normalized spacial score (nSPS) is 15.3. The lowest BCUT2D eigenvalue weighted by Crippen LogP contribution is -2.17. The van der Waals surface area contributed by atoms with Crippen molar-refractivity contribution in [1.29, 1.82) is 0 Å². The highest BCUT2D eigenvalue weighted by Gasteiger charge is 2.17. The summed E-state index contributed by atoms with van der Waals surface area (Å²) < 4.78 is 0.987. The molecule has 0 radical (unpaired) electrons. The van der Waals surface area contributed by atoms with Gasteiger partial charge in [-0.15, -0.1) is 11.3 Å². The van der Waals surface area contributed by atoms with Crippen LogP contribution in [-0.4, -0.2) is 28.0 Å². The van der Waals surface area contributed by atoms with Crippen molar-refractivity contribution in [2.45, 2.75) is 12.8 Å². The number of anilines is 1. The molecule has 1 N–H and O–H groups in total. The van der Waals surface area contributed by atoms with Gasteiger partial charge in [0, 0.05) is 46.3 Å². The molecular weight excluding hydrogens is 336 g/mol. The minimum atomic E-state index is 0.902. The minimum absolute atomic E-state index is 0.902. The molecule has 0 atom stereocenters. The fourth-order valence-corrected chi connectivity index (χ4v) is 3.84. The Morgan fingerprint density at radius 2 is 2.15 bits per heavy atom. The number of fused-ring (bicyclic) bond motifs is 1. The Morgan fingerprint density at radius 1 is 1.30 bits per heavy atom. The molecule has 6 heteroatoms. The second kappa shape index (κ2) is 4.86. The Balaban J connectivity index is 1.77. The second-order valence-electron chi connectivity index (χ2n) is 4.96. The highest BCUT2D eigenvalue weighted by atomic mass is 79.9. The molecule has 4 rings (SSSR count). The Labute approximate surface area is 129 Å². The van der Waals surface area contributed by atoms with Crippen LogP contribution in [0.1, 0.15) is 12.8 Å². The Kier molecular flexibility index (Phi) is 3.00. The molecule has 1 aliphatic heterocycles. The van der Waals surface area contributed by atoms with Crippen molar-refractivity contribution in [3.8, 4) is 11.3 Å². The third-order valence-corrected chi connectivity index (χ3v) is 4.98. The van der Waals surface area contributed by atoms with Crippen LogP contribution in [0.4, 0.5) is 5.13 Å². The lowest BCUT2D eigenvalue weighted by molar-refractivity contribution is 0.949. The van der Waals surface area contributed by atoms with Gasteiger partial charge in [0.25, 0.3) is 0 Å². The molecule has 0 amide bonds. The van der Waals surface area contributed by atoms with Gasteiger partial charge in [-0.25, -0.2) is 9.97 Å². The van der Waals surface area contributed by atoms with Crippen LogP contribution in [0.5, 0.6) is 0 Å². The first-order chi connectivity index (χ1) is 9.81. The lowest BCUT2D eigenvalue weighted by Gasteiger charge is -2.12. The Hall–Kier alpha value is -1.40. The summed E-state index contributed by atoms with van der Waals surface area (Å²) in [5.74, 6) is 0. The first-order valence-corrected chi connectivity index (χ1v) is 8.32. The van der Waals surface area contributed by atoms with Crippen LogP contribution in [0, 0.1) is 0 Å². The number of nitrogens with one attached hydrogen (secondary N) is 1. The van der Waals surface area contributed by atoms with Crippen LogP contribution >= 0.6 is 27.3 Å². The van der Waals surface area contributed by atoms with E-state index in [0.717, 1.165) is 45.0 Å². The predicted octanol–water partition coefficient (Wildman–Crippen LogP) is 4.05. The molecule has 0 unspecified atom stereocenters. The fraction of sp³-hybridized carbons (Fsp3) is 0.286. The molecule has 1 fully saturated rings. The van der Waals surface area contributed by atoms with Gasteiger partial charge in [0.2, 0.25) is 0 Å². The first kappa shape index (κ1) is 12.3. The van der Waals surface area contributed by atoms with Crippen molar-refractivity contribution in [3.05, 3.63) is 28.3 Å². The van der Waals surface area contributed by atoms with Crippen LogP contribution in [0.2, 0.25) is 0 Å². The summed E-state index contributed by atoms with van der Waals surface area (Å²) >= 11 is 5.21. The van der Waals surface area contributed by atoms with E-state index in [-0.39, 0.29) is 0 Å². The molecule has 102 valence electrons. The molecule has 0 spiro atoms. The number of rotatable bonds is 2. The van der Waals surface area contributed by atoms with Crippen molar-refractivity contribution in [1.82, 2.24) is 15.0 Å². The van der Waals surface area contributed by atoms with Gasteiger partial charge in [0.1, 0.15) is 5.65 Å². The van der Waals surface area contributed by atoms with Crippen molar-refractivity contribution in [2.75, 3.05) is 18.0 Å². The number of nitrogens with zero attached hydrogens (tertiary/aromatic N) is 3. The molecule has 1 aliphatic rings. The number of pyridine rings is 1. The van der Waals surface area contributed by atoms with Crippen LogP contribution < -0.4 is 4.90 Å². The highest BCUT2D eigenvalue weighted by molar-refractivity contribution is 9.10. The van der Waals surface area contributed by atoms with Crippen LogP contribution in [0.25, 0.3) is 22.3 Å². The van der Waals surface area contributed by atoms with Crippen molar-refractivity contribution >= 4 is 43.4 Å². The summed E-state index contributed by atoms with van der Waals surface area (Å²) in [4.78, 5) is 14.8.